The first-order chi connectivity index (χ1) is 6.66. The highest BCUT2D eigenvalue weighted by atomic mass is 127. The van der Waals surface area contributed by atoms with E-state index < -0.39 is 0 Å². The number of halogens is 1. The van der Waals surface area contributed by atoms with E-state index in [2.05, 4.69) is 10.2 Å². The first-order valence-electron chi connectivity index (χ1n) is 3.68. The Hall–Kier alpha value is -0.890. The van der Waals surface area contributed by atoms with Gasteiger partial charge in [0.05, 0.1) is 5.56 Å². The van der Waals surface area contributed by atoms with Crippen molar-refractivity contribution in [3.8, 4) is 22.1 Å². The Kier molecular flexibility index (Phi) is 2.55. The predicted molar refractivity (Wildman–Crippen MR) is 61.4 cm³/mol. The van der Waals surface area contributed by atoms with Gasteiger partial charge in [-0.05, 0) is 40.8 Å². The SMILES string of the molecule is Oc1ccc(O)c(-c2nnc(I)s2)c1. The molecule has 0 bridgehead atoms. The second kappa shape index (κ2) is 3.70. The third-order valence-electron chi connectivity index (χ3n) is 1.61. The molecule has 0 aliphatic heterocycles. The number of phenolic OH excluding ortho intramolecular Hbond substituents is 2. The van der Waals surface area contributed by atoms with Crippen LogP contribution in [-0.4, -0.2) is 20.4 Å². The molecule has 2 aromatic rings. The lowest BCUT2D eigenvalue weighted by Crippen LogP contribution is -1.78. The average Bonchev–Trinajstić information content (AvgIpc) is 2.56. The van der Waals surface area contributed by atoms with E-state index >= 15 is 0 Å². The fraction of sp³-hybridized carbons (Fsp3) is 0. The molecule has 2 N–H and O–H groups in total. The number of aromatic nitrogens is 2. The third-order valence-corrected chi connectivity index (χ3v) is 3.23. The number of hydrogen-bond donors (Lipinski definition) is 2. The summed E-state index contributed by atoms with van der Waals surface area (Å²) in [6, 6.07) is 4.32. The lowest BCUT2D eigenvalue weighted by Gasteiger charge is -1.99. The summed E-state index contributed by atoms with van der Waals surface area (Å²) >= 11 is 3.41. The number of rotatable bonds is 1. The van der Waals surface area contributed by atoms with Crippen molar-refractivity contribution in [1.29, 1.82) is 0 Å². The van der Waals surface area contributed by atoms with Gasteiger partial charge < -0.3 is 10.2 Å². The van der Waals surface area contributed by atoms with Gasteiger partial charge in [0.25, 0.3) is 0 Å². The maximum atomic E-state index is 9.52. The summed E-state index contributed by atoms with van der Waals surface area (Å²) in [6.45, 7) is 0. The molecule has 0 aliphatic carbocycles. The van der Waals surface area contributed by atoms with Gasteiger partial charge in [-0.25, -0.2) is 0 Å². The van der Waals surface area contributed by atoms with Gasteiger partial charge in [0, 0.05) is 0 Å². The molecule has 1 heterocycles. The van der Waals surface area contributed by atoms with Crippen LogP contribution >= 0.6 is 33.9 Å². The Balaban J connectivity index is 2.55. The van der Waals surface area contributed by atoms with Gasteiger partial charge >= 0.3 is 0 Å². The molecule has 0 amide bonds. The Bertz CT molecular complexity index is 472. The molecular weight excluding hydrogens is 315 g/mol. The molecule has 1 aromatic heterocycles. The van der Waals surface area contributed by atoms with Crippen molar-refractivity contribution in [1.82, 2.24) is 10.2 Å². The third kappa shape index (κ3) is 1.80. The Labute approximate surface area is 97.4 Å². The van der Waals surface area contributed by atoms with Crippen LogP contribution < -0.4 is 0 Å². The fourth-order valence-electron chi connectivity index (χ4n) is 1.01. The molecule has 0 saturated carbocycles. The quantitative estimate of drug-likeness (QED) is 0.625. The van der Waals surface area contributed by atoms with Crippen molar-refractivity contribution in [3.63, 3.8) is 0 Å². The summed E-state index contributed by atoms with van der Waals surface area (Å²) in [5.74, 6) is 0.193. The van der Waals surface area contributed by atoms with Gasteiger partial charge in [-0.15, -0.1) is 10.2 Å². The van der Waals surface area contributed by atoms with Crippen LogP contribution in [0.2, 0.25) is 0 Å². The van der Waals surface area contributed by atoms with Crippen LogP contribution in [0, 0.1) is 3.01 Å². The molecule has 0 radical (unpaired) electrons. The number of benzene rings is 1. The van der Waals surface area contributed by atoms with Gasteiger partial charge in [0.1, 0.15) is 11.5 Å². The van der Waals surface area contributed by atoms with Crippen molar-refractivity contribution >= 4 is 33.9 Å². The molecule has 0 atom stereocenters. The number of aromatic hydroxyl groups is 2. The van der Waals surface area contributed by atoms with E-state index in [1.807, 2.05) is 22.6 Å². The van der Waals surface area contributed by atoms with Gasteiger partial charge in [0.15, 0.2) is 8.02 Å². The van der Waals surface area contributed by atoms with E-state index in [0.29, 0.717) is 10.6 Å². The van der Waals surface area contributed by atoms with E-state index in [-0.39, 0.29) is 11.5 Å². The zero-order chi connectivity index (χ0) is 10.1. The Morgan fingerprint density at radius 3 is 2.64 bits per heavy atom. The summed E-state index contributed by atoms with van der Waals surface area (Å²) in [6.07, 6.45) is 0. The maximum absolute atomic E-state index is 9.52. The number of nitrogens with zero attached hydrogens (tertiary/aromatic N) is 2. The minimum atomic E-state index is 0.0929. The smallest absolute Gasteiger partial charge is 0.178 e. The van der Waals surface area contributed by atoms with E-state index in [4.69, 9.17) is 0 Å². The zero-order valence-corrected chi connectivity index (χ0v) is 9.78. The van der Waals surface area contributed by atoms with Gasteiger partial charge in [-0.1, -0.05) is 11.3 Å². The van der Waals surface area contributed by atoms with E-state index in [0.717, 1.165) is 3.01 Å². The largest absolute Gasteiger partial charge is 0.508 e. The summed E-state index contributed by atoms with van der Waals surface area (Å²) in [5.41, 5.74) is 0.505. The van der Waals surface area contributed by atoms with Crippen LogP contribution in [0.15, 0.2) is 18.2 Å². The summed E-state index contributed by atoms with van der Waals surface area (Å²) in [5, 5.41) is 27.1. The van der Waals surface area contributed by atoms with Crippen LogP contribution in [-0.2, 0) is 0 Å². The topological polar surface area (TPSA) is 66.2 Å². The average molecular weight is 320 g/mol. The first-order valence-corrected chi connectivity index (χ1v) is 5.57. The normalized spacial score (nSPS) is 10.4. The van der Waals surface area contributed by atoms with Crippen LogP contribution in [0.1, 0.15) is 0 Å². The molecule has 4 nitrogen and oxygen atoms in total. The fourth-order valence-corrected chi connectivity index (χ4v) is 2.34. The molecule has 0 spiro atoms. The molecular formula is C8H5IN2O2S. The lowest BCUT2D eigenvalue weighted by atomic mass is 10.2. The summed E-state index contributed by atoms with van der Waals surface area (Å²) < 4.78 is 0.792. The molecule has 0 fully saturated rings. The molecule has 72 valence electrons. The summed E-state index contributed by atoms with van der Waals surface area (Å²) in [4.78, 5) is 0. The highest BCUT2D eigenvalue weighted by Gasteiger charge is 2.10. The van der Waals surface area contributed by atoms with Crippen LogP contribution in [0.5, 0.6) is 11.5 Å². The van der Waals surface area contributed by atoms with Crippen LogP contribution in [0.4, 0.5) is 0 Å². The monoisotopic (exact) mass is 320 g/mol. The van der Waals surface area contributed by atoms with Crippen molar-refractivity contribution < 1.29 is 10.2 Å². The highest BCUT2D eigenvalue weighted by Crippen LogP contribution is 2.33. The number of hydrogen-bond acceptors (Lipinski definition) is 5. The molecule has 6 heteroatoms. The van der Waals surface area contributed by atoms with Gasteiger partial charge in [-0.2, -0.15) is 0 Å². The standard InChI is InChI=1S/C8H5IN2O2S/c9-8-11-10-7(14-8)5-3-4(12)1-2-6(5)13/h1-3,12-13H. The van der Waals surface area contributed by atoms with Gasteiger partial charge in [0.2, 0.25) is 0 Å². The first kappa shape index (κ1) is 9.66. The lowest BCUT2D eigenvalue weighted by molar-refractivity contribution is 0.462. The molecule has 1 aromatic carbocycles. The van der Waals surface area contributed by atoms with Crippen LogP contribution in [0.3, 0.4) is 0 Å². The van der Waals surface area contributed by atoms with Crippen molar-refractivity contribution in [2.75, 3.05) is 0 Å². The highest BCUT2D eigenvalue weighted by molar-refractivity contribution is 14.1. The van der Waals surface area contributed by atoms with Crippen molar-refractivity contribution in [2.24, 2.45) is 0 Å². The van der Waals surface area contributed by atoms with Crippen molar-refractivity contribution in [3.05, 3.63) is 21.2 Å². The van der Waals surface area contributed by atoms with Crippen molar-refractivity contribution in [2.45, 2.75) is 0 Å². The minimum absolute atomic E-state index is 0.0929. The zero-order valence-electron chi connectivity index (χ0n) is 6.81. The summed E-state index contributed by atoms with van der Waals surface area (Å²) in [7, 11) is 0. The second-order valence-electron chi connectivity index (χ2n) is 2.56. The van der Waals surface area contributed by atoms with E-state index in [9.17, 15) is 10.2 Å². The van der Waals surface area contributed by atoms with E-state index in [1.165, 1.54) is 29.5 Å². The predicted octanol–water partition coefficient (Wildman–Crippen LogP) is 2.22. The molecule has 0 aliphatic rings. The molecule has 0 unspecified atom stereocenters. The van der Waals surface area contributed by atoms with E-state index in [1.54, 1.807) is 0 Å². The Morgan fingerprint density at radius 1 is 1.21 bits per heavy atom. The minimum Gasteiger partial charge on any atom is -0.508 e. The second-order valence-corrected chi connectivity index (χ2v) is 5.29. The molecule has 14 heavy (non-hydrogen) atoms. The molecule has 0 saturated heterocycles. The van der Waals surface area contributed by atoms with Gasteiger partial charge in [-0.3, -0.25) is 0 Å². The Morgan fingerprint density at radius 2 is 2.00 bits per heavy atom. The van der Waals surface area contributed by atoms with Crippen LogP contribution in [0.25, 0.3) is 10.6 Å². The number of phenols is 2. The maximum Gasteiger partial charge on any atom is 0.178 e. The molecule has 2 rings (SSSR count).